The number of aryl methyl sites for hydroxylation is 2. The molecule has 0 aromatic heterocycles. The molecule has 0 bridgehead atoms. The van der Waals surface area contributed by atoms with Crippen molar-refractivity contribution in [3.63, 3.8) is 0 Å². The van der Waals surface area contributed by atoms with E-state index in [1.165, 1.54) is 23.2 Å². The van der Waals surface area contributed by atoms with Crippen LogP contribution in [-0.4, -0.2) is 30.6 Å². The SMILES string of the molecule is Cc1cc(C)cc(NC2CC(C)N(C)C2)c1. The molecule has 1 aliphatic rings. The highest BCUT2D eigenvalue weighted by Gasteiger charge is 2.25. The maximum absolute atomic E-state index is 3.64. The van der Waals surface area contributed by atoms with Gasteiger partial charge >= 0.3 is 0 Å². The van der Waals surface area contributed by atoms with Crippen molar-refractivity contribution in [3.8, 4) is 0 Å². The molecule has 1 N–H and O–H groups in total. The number of rotatable bonds is 2. The molecule has 1 aliphatic heterocycles. The molecule has 0 radical (unpaired) electrons. The number of likely N-dealkylation sites (tertiary alicyclic amines) is 1. The number of benzene rings is 1. The highest BCUT2D eigenvalue weighted by atomic mass is 15.2. The fourth-order valence-corrected chi connectivity index (χ4v) is 2.59. The maximum Gasteiger partial charge on any atom is 0.0403 e. The van der Waals surface area contributed by atoms with Crippen molar-refractivity contribution in [3.05, 3.63) is 29.3 Å². The maximum atomic E-state index is 3.64. The van der Waals surface area contributed by atoms with Crippen molar-refractivity contribution in [1.82, 2.24) is 4.90 Å². The number of hydrogen-bond acceptors (Lipinski definition) is 2. The van der Waals surface area contributed by atoms with Gasteiger partial charge in [0.25, 0.3) is 0 Å². The fraction of sp³-hybridized carbons (Fsp3) is 0.571. The summed E-state index contributed by atoms with van der Waals surface area (Å²) in [4.78, 5) is 2.42. The average molecular weight is 218 g/mol. The largest absolute Gasteiger partial charge is 0.381 e. The first-order chi connectivity index (χ1) is 7.54. The van der Waals surface area contributed by atoms with E-state index in [2.05, 4.69) is 56.2 Å². The molecule has 0 saturated carbocycles. The van der Waals surface area contributed by atoms with Crippen LogP contribution in [0.1, 0.15) is 24.5 Å². The van der Waals surface area contributed by atoms with Gasteiger partial charge in [-0.3, -0.25) is 0 Å². The third-order valence-electron chi connectivity index (χ3n) is 3.48. The Balaban J connectivity index is 2.04. The first-order valence-corrected chi connectivity index (χ1v) is 6.09. The predicted octanol–water partition coefficient (Wildman–Crippen LogP) is 2.81. The Morgan fingerprint density at radius 1 is 1.19 bits per heavy atom. The van der Waals surface area contributed by atoms with Crippen molar-refractivity contribution in [2.75, 3.05) is 18.9 Å². The standard InChI is InChI=1S/C14H22N2/c1-10-5-11(2)7-13(6-10)15-14-8-12(3)16(4)9-14/h5-7,12,14-15H,8-9H2,1-4H3. The topological polar surface area (TPSA) is 15.3 Å². The monoisotopic (exact) mass is 218 g/mol. The van der Waals surface area contributed by atoms with E-state index >= 15 is 0 Å². The number of likely N-dealkylation sites (N-methyl/N-ethyl adjacent to an activating group) is 1. The Morgan fingerprint density at radius 3 is 2.31 bits per heavy atom. The molecule has 0 spiro atoms. The van der Waals surface area contributed by atoms with Gasteiger partial charge in [0.1, 0.15) is 0 Å². The summed E-state index contributed by atoms with van der Waals surface area (Å²) in [6.07, 6.45) is 1.24. The molecule has 0 amide bonds. The first kappa shape index (κ1) is 11.5. The van der Waals surface area contributed by atoms with E-state index in [0.29, 0.717) is 12.1 Å². The van der Waals surface area contributed by atoms with Crippen molar-refractivity contribution in [2.24, 2.45) is 0 Å². The summed E-state index contributed by atoms with van der Waals surface area (Å²) in [6, 6.07) is 7.98. The molecule has 1 fully saturated rings. The molecular weight excluding hydrogens is 196 g/mol. The van der Waals surface area contributed by atoms with E-state index in [1.807, 2.05) is 0 Å². The van der Waals surface area contributed by atoms with Crippen LogP contribution < -0.4 is 5.32 Å². The normalized spacial score (nSPS) is 26.0. The van der Waals surface area contributed by atoms with E-state index in [9.17, 15) is 0 Å². The van der Waals surface area contributed by atoms with Crippen LogP contribution >= 0.6 is 0 Å². The van der Waals surface area contributed by atoms with E-state index in [4.69, 9.17) is 0 Å². The molecule has 0 aliphatic carbocycles. The molecule has 1 aromatic carbocycles. The van der Waals surface area contributed by atoms with Gasteiger partial charge in [-0.1, -0.05) is 6.07 Å². The summed E-state index contributed by atoms with van der Waals surface area (Å²) >= 11 is 0. The molecule has 1 aromatic rings. The Hall–Kier alpha value is -1.02. The molecule has 2 atom stereocenters. The van der Waals surface area contributed by atoms with Crippen LogP contribution in [0.5, 0.6) is 0 Å². The molecular formula is C14H22N2. The Kier molecular flexibility index (Phi) is 3.20. The summed E-state index contributed by atoms with van der Waals surface area (Å²) in [5.41, 5.74) is 3.94. The number of hydrogen-bond donors (Lipinski definition) is 1. The number of nitrogens with zero attached hydrogens (tertiary/aromatic N) is 1. The van der Waals surface area contributed by atoms with Gasteiger partial charge in [-0.2, -0.15) is 0 Å². The van der Waals surface area contributed by atoms with Crippen molar-refractivity contribution in [1.29, 1.82) is 0 Å². The molecule has 88 valence electrons. The third kappa shape index (κ3) is 2.56. The van der Waals surface area contributed by atoms with E-state index in [-0.39, 0.29) is 0 Å². The predicted molar refractivity (Wildman–Crippen MR) is 70.0 cm³/mol. The molecule has 2 unspecified atom stereocenters. The van der Waals surface area contributed by atoms with Gasteiger partial charge in [-0.05, 0) is 57.5 Å². The average Bonchev–Trinajstić information content (AvgIpc) is 2.43. The lowest BCUT2D eigenvalue weighted by atomic mass is 10.1. The zero-order chi connectivity index (χ0) is 11.7. The third-order valence-corrected chi connectivity index (χ3v) is 3.48. The second-order valence-electron chi connectivity index (χ2n) is 5.24. The van der Waals surface area contributed by atoms with Gasteiger partial charge in [-0.15, -0.1) is 0 Å². The molecule has 16 heavy (non-hydrogen) atoms. The van der Waals surface area contributed by atoms with Crippen molar-refractivity contribution < 1.29 is 0 Å². The minimum Gasteiger partial charge on any atom is -0.381 e. The summed E-state index contributed by atoms with van der Waals surface area (Å²) in [7, 11) is 2.20. The highest BCUT2D eigenvalue weighted by molar-refractivity contribution is 5.49. The summed E-state index contributed by atoms with van der Waals surface area (Å²) < 4.78 is 0. The Morgan fingerprint density at radius 2 is 1.81 bits per heavy atom. The smallest absolute Gasteiger partial charge is 0.0403 e. The fourth-order valence-electron chi connectivity index (χ4n) is 2.59. The quantitative estimate of drug-likeness (QED) is 0.821. The molecule has 2 heteroatoms. The van der Waals surface area contributed by atoms with Crippen molar-refractivity contribution >= 4 is 5.69 Å². The van der Waals surface area contributed by atoms with Crippen LogP contribution in [0.25, 0.3) is 0 Å². The van der Waals surface area contributed by atoms with Gasteiger partial charge < -0.3 is 10.2 Å². The second kappa shape index (κ2) is 4.46. The summed E-state index contributed by atoms with van der Waals surface area (Å²) in [6.45, 7) is 7.75. The van der Waals surface area contributed by atoms with Crippen LogP contribution in [0.15, 0.2) is 18.2 Å². The van der Waals surface area contributed by atoms with Crippen LogP contribution in [0.3, 0.4) is 0 Å². The van der Waals surface area contributed by atoms with Crippen LogP contribution in [0, 0.1) is 13.8 Å². The van der Waals surface area contributed by atoms with Gasteiger partial charge in [0, 0.05) is 24.3 Å². The molecule has 1 heterocycles. The minimum absolute atomic E-state index is 0.598. The molecule has 2 rings (SSSR count). The number of anilines is 1. The van der Waals surface area contributed by atoms with Gasteiger partial charge in [-0.25, -0.2) is 0 Å². The van der Waals surface area contributed by atoms with Crippen LogP contribution in [-0.2, 0) is 0 Å². The Bertz CT molecular complexity index is 343. The highest BCUT2D eigenvalue weighted by Crippen LogP contribution is 2.21. The minimum atomic E-state index is 0.598. The van der Waals surface area contributed by atoms with Gasteiger partial charge in [0.2, 0.25) is 0 Å². The summed E-state index contributed by atoms with van der Waals surface area (Å²) in [5, 5.41) is 3.64. The van der Waals surface area contributed by atoms with Crippen molar-refractivity contribution in [2.45, 2.75) is 39.3 Å². The van der Waals surface area contributed by atoms with Crippen LogP contribution in [0.2, 0.25) is 0 Å². The van der Waals surface area contributed by atoms with Gasteiger partial charge in [0.15, 0.2) is 0 Å². The number of nitrogens with one attached hydrogen (secondary N) is 1. The molecule has 1 saturated heterocycles. The second-order valence-corrected chi connectivity index (χ2v) is 5.24. The lowest BCUT2D eigenvalue weighted by Crippen LogP contribution is -2.24. The summed E-state index contributed by atoms with van der Waals surface area (Å²) in [5.74, 6) is 0. The zero-order valence-corrected chi connectivity index (χ0v) is 10.7. The zero-order valence-electron chi connectivity index (χ0n) is 10.7. The van der Waals surface area contributed by atoms with E-state index in [1.54, 1.807) is 0 Å². The van der Waals surface area contributed by atoms with Crippen LogP contribution in [0.4, 0.5) is 5.69 Å². The lowest BCUT2D eigenvalue weighted by Gasteiger charge is -2.15. The van der Waals surface area contributed by atoms with E-state index in [0.717, 1.165) is 6.54 Å². The first-order valence-electron chi connectivity index (χ1n) is 6.09. The van der Waals surface area contributed by atoms with Gasteiger partial charge in [0.05, 0.1) is 0 Å². The molecule has 2 nitrogen and oxygen atoms in total. The lowest BCUT2D eigenvalue weighted by molar-refractivity contribution is 0.330. The van der Waals surface area contributed by atoms with E-state index < -0.39 is 0 Å². The Labute approximate surface area is 98.7 Å².